The lowest BCUT2D eigenvalue weighted by molar-refractivity contribution is -0.359. The predicted molar refractivity (Wildman–Crippen MR) is 60.0 cm³/mol. The van der Waals surface area contributed by atoms with Gasteiger partial charge in [-0.1, -0.05) is 45.0 Å². The maximum atomic E-state index is 13.4. The zero-order valence-corrected chi connectivity index (χ0v) is 11.0. The van der Waals surface area contributed by atoms with Gasteiger partial charge in [0.2, 0.25) is 0 Å². The highest BCUT2D eigenvalue weighted by Gasteiger charge is 2.73. The summed E-state index contributed by atoms with van der Waals surface area (Å²) < 4.78 is 88.6. The van der Waals surface area contributed by atoms with Crippen LogP contribution in [0.4, 0.5) is 30.7 Å². The van der Waals surface area contributed by atoms with Crippen molar-refractivity contribution in [3.8, 4) is 0 Å². The van der Waals surface area contributed by atoms with Gasteiger partial charge >= 0.3 is 18.0 Å². The molecule has 0 N–H and O–H groups in total. The minimum absolute atomic E-state index is 0.430. The summed E-state index contributed by atoms with van der Waals surface area (Å²) in [6, 6.07) is 3.44. The van der Waals surface area contributed by atoms with Crippen LogP contribution in [0, 0.1) is 0 Å². The lowest BCUT2D eigenvalue weighted by Crippen LogP contribution is -2.50. The van der Waals surface area contributed by atoms with Crippen LogP contribution in [0.25, 0.3) is 0 Å². The minimum Gasteiger partial charge on any atom is -0.194 e. The molecule has 0 aromatic heterocycles. The number of hydrogen-bond acceptors (Lipinski definition) is 0. The molecule has 0 saturated carbocycles. The first-order chi connectivity index (χ1) is 8.71. The zero-order chi connectivity index (χ0) is 16.0. The van der Waals surface area contributed by atoms with E-state index in [9.17, 15) is 30.7 Å². The van der Waals surface area contributed by atoms with Crippen LogP contribution >= 0.6 is 0 Å². The highest BCUT2D eigenvalue weighted by Crippen LogP contribution is 2.51. The average Bonchev–Trinajstić information content (AvgIpc) is 2.26. The van der Waals surface area contributed by atoms with E-state index < -0.39 is 29.0 Å². The maximum absolute atomic E-state index is 13.4. The van der Waals surface area contributed by atoms with Crippen molar-refractivity contribution in [2.45, 2.75) is 44.2 Å². The monoisotopic (exact) mass is 302 g/mol. The van der Waals surface area contributed by atoms with E-state index in [1.165, 1.54) is 0 Å². The van der Waals surface area contributed by atoms with Crippen LogP contribution in [0.1, 0.15) is 31.9 Å². The zero-order valence-electron chi connectivity index (χ0n) is 11.0. The van der Waals surface area contributed by atoms with Gasteiger partial charge in [0.25, 0.3) is 0 Å². The fourth-order valence-corrected chi connectivity index (χ4v) is 1.54. The van der Waals surface area contributed by atoms with Crippen molar-refractivity contribution >= 4 is 0 Å². The third kappa shape index (κ3) is 2.76. The molecular formula is C13H13F7. The van der Waals surface area contributed by atoms with E-state index in [1.807, 2.05) is 0 Å². The van der Waals surface area contributed by atoms with Crippen molar-refractivity contribution in [1.82, 2.24) is 0 Å². The number of hydrogen-bond donors (Lipinski definition) is 0. The molecule has 20 heavy (non-hydrogen) atoms. The quantitative estimate of drug-likeness (QED) is 0.653. The van der Waals surface area contributed by atoms with E-state index >= 15 is 0 Å². The van der Waals surface area contributed by atoms with E-state index in [1.54, 1.807) is 20.8 Å². The van der Waals surface area contributed by atoms with E-state index in [2.05, 4.69) is 0 Å². The molecule has 0 saturated heterocycles. The Hall–Kier alpha value is -1.27. The normalized spacial score (nSPS) is 14.5. The van der Waals surface area contributed by atoms with Gasteiger partial charge in [0.15, 0.2) is 0 Å². The number of rotatable bonds is 2. The van der Waals surface area contributed by atoms with Crippen LogP contribution < -0.4 is 0 Å². The summed E-state index contributed by atoms with van der Waals surface area (Å²) in [7, 11) is 0. The molecule has 0 spiro atoms. The largest absolute Gasteiger partial charge is 0.460 e. The molecule has 1 aromatic rings. The highest BCUT2D eigenvalue weighted by atomic mass is 19.4. The van der Waals surface area contributed by atoms with Gasteiger partial charge in [-0.25, -0.2) is 0 Å². The Bertz CT molecular complexity index is 463. The van der Waals surface area contributed by atoms with Crippen molar-refractivity contribution in [2.24, 2.45) is 0 Å². The predicted octanol–water partition coefficient (Wildman–Crippen LogP) is 5.27. The van der Waals surface area contributed by atoms with Crippen LogP contribution in [0.15, 0.2) is 24.3 Å². The smallest absolute Gasteiger partial charge is 0.194 e. The maximum Gasteiger partial charge on any atom is 0.460 e. The van der Waals surface area contributed by atoms with Crippen molar-refractivity contribution in [3.63, 3.8) is 0 Å². The van der Waals surface area contributed by atoms with E-state index in [-0.39, 0.29) is 0 Å². The fourth-order valence-electron chi connectivity index (χ4n) is 1.54. The third-order valence-corrected chi connectivity index (χ3v) is 2.86. The SMILES string of the molecule is CC(C)(C)c1ccc(C(F)(F)C(F)(F)C(F)(F)F)cc1. The summed E-state index contributed by atoms with van der Waals surface area (Å²) in [5, 5.41) is 0. The molecule has 0 heterocycles. The summed E-state index contributed by atoms with van der Waals surface area (Å²) in [4.78, 5) is 0. The van der Waals surface area contributed by atoms with Crippen LogP contribution in [-0.4, -0.2) is 12.1 Å². The molecule has 0 unspecified atom stereocenters. The van der Waals surface area contributed by atoms with Gasteiger partial charge in [-0.3, -0.25) is 0 Å². The van der Waals surface area contributed by atoms with Gasteiger partial charge < -0.3 is 0 Å². The number of alkyl halides is 7. The topological polar surface area (TPSA) is 0 Å². The molecule has 0 amide bonds. The van der Waals surface area contributed by atoms with E-state index in [4.69, 9.17) is 0 Å². The first kappa shape index (κ1) is 16.8. The van der Waals surface area contributed by atoms with Gasteiger partial charge in [0, 0.05) is 5.56 Å². The Kier molecular flexibility index (Phi) is 3.89. The third-order valence-electron chi connectivity index (χ3n) is 2.86. The van der Waals surface area contributed by atoms with Crippen molar-refractivity contribution in [2.75, 3.05) is 0 Å². The molecule has 0 atom stereocenters. The molecule has 0 bridgehead atoms. The van der Waals surface area contributed by atoms with Gasteiger partial charge in [0.1, 0.15) is 0 Å². The van der Waals surface area contributed by atoms with Crippen LogP contribution in [-0.2, 0) is 11.3 Å². The van der Waals surface area contributed by atoms with Gasteiger partial charge in [-0.15, -0.1) is 0 Å². The summed E-state index contributed by atoms with van der Waals surface area (Å²) in [6.07, 6.45) is -6.32. The van der Waals surface area contributed by atoms with Gasteiger partial charge in [-0.2, -0.15) is 30.7 Å². The lowest BCUT2D eigenvalue weighted by atomic mass is 9.86. The number of benzene rings is 1. The minimum atomic E-state index is -6.32. The standard InChI is InChI=1S/C13H13F7/c1-10(2,3)8-4-6-9(7-5-8)11(14,15)12(16,17)13(18,19)20/h4-7H,1-3H3. The molecule has 0 aliphatic rings. The molecule has 0 radical (unpaired) electrons. The van der Waals surface area contributed by atoms with Crippen LogP contribution in [0.3, 0.4) is 0 Å². The van der Waals surface area contributed by atoms with Crippen LogP contribution in [0.2, 0.25) is 0 Å². The Morgan fingerprint density at radius 1 is 0.650 bits per heavy atom. The van der Waals surface area contributed by atoms with Crippen LogP contribution in [0.5, 0.6) is 0 Å². The van der Waals surface area contributed by atoms with E-state index in [0.717, 1.165) is 12.1 Å². The molecular weight excluding hydrogens is 289 g/mol. The molecule has 0 aliphatic carbocycles. The first-order valence-electron chi connectivity index (χ1n) is 5.64. The molecule has 0 fully saturated rings. The molecule has 7 heteroatoms. The summed E-state index contributed by atoms with van der Waals surface area (Å²) >= 11 is 0. The lowest BCUT2D eigenvalue weighted by Gasteiger charge is -2.29. The Labute approximate surface area is 111 Å². The second-order valence-corrected chi connectivity index (χ2v) is 5.47. The van der Waals surface area contributed by atoms with Crippen molar-refractivity contribution in [3.05, 3.63) is 35.4 Å². The number of halogens is 7. The van der Waals surface area contributed by atoms with Gasteiger partial charge in [-0.05, 0) is 11.0 Å². The van der Waals surface area contributed by atoms with Crippen molar-refractivity contribution in [1.29, 1.82) is 0 Å². The molecule has 0 aliphatic heterocycles. The molecule has 0 nitrogen and oxygen atoms in total. The molecule has 1 aromatic carbocycles. The second-order valence-electron chi connectivity index (χ2n) is 5.47. The fraction of sp³-hybridized carbons (Fsp3) is 0.538. The van der Waals surface area contributed by atoms with E-state index in [0.29, 0.717) is 17.7 Å². The van der Waals surface area contributed by atoms with Gasteiger partial charge in [0.05, 0.1) is 0 Å². The van der Waals surface area contributed by atoms with Crippen molar-refractivity contribution < 1.29 is 30.7 Å². The molecule has 1 rings (SSSR count). The summed E-state index contributed by atoms with van der Waals surface area (Å²) in [5.41, 5.74) is -1.25. The molecule has 114 valence electrons. The summed E-state index contributed by atoms with van der Waals surface area (Å²) in [6.45, 7) is 5.26. The Morgan fingerprint density at radius 2 is 1.00 bits per heavy atom. The summed E-state index contributed by atoms with van der Waals surface area (Å²) in [5.74, 6) is -11.4. The average molecular weight is 302 g/mol. The first-order valence-corrected chi connectivity index (χ1v) is 5.64. The Morgan fingerprint density at radius 3 is 1.30 bits per heavy atom. The highest BCUT2D eigenvalue weighted by molar-refractivity contribution is 5.31. The Balaban J connectivity index is 3.24. The second kappa shape index (κ2) is 4.63.